The minimum atomic E-state index is -4.35. The molecule has 2 aromatic carbocycles. The van der Waals surface area contributed by atoms with Gasteiger partial charge in [0.25, 0.3) is 0 Å². The van der Waals surface area contributed by atoms with Crippen molar-refractivity contribution in [2.75, 3.05) is 14.1 Å². The van der Waals surface area contributed by atoms with Crippen LogP contribution in [-0.4, -0.2) is 25.0 Å². The van der Waals surface area contributed by atoms with E-state index in [2.05, 4.69) is 68.4 Å². The van der Waals surface area contributed by atoms with Gasteiger partial charge >= 0.3 is 191 Å². The molecule has 0 bridgehead atoms. The monoisotopic (exact) mass is 479 g/mol. The third-order valence-electron chi connectivity index (χ3n) is 7.38. The van der Waals surface area contributed by atoms with Gasteiger partial charge in [-0.3, -0.25) is 0 Å². The Bertz CT molecular complexity index is 933. The molecule has 161 valence electrons. The quantitative estimate of drug-likeness (QED) is 0.479. The molecule has 2 nitrogen and oxygen atoms in total. The number of nitrogens with zero attached hydrogens (tertiary/aromatic N) is 1. The molecular weight excluding hydrogens is 447 g/mol. The average Bonchev–Trinajstić information content (AvgIpc) is 3.03. The maximum atomic E-state index is 7.42. The number of allylic oxidation sites excluding steroid dienone is 1. The van der Waals surface area contributed by atoms with Crippen LogP contribution < -0.4 is 4.22 Å². The van der Waals surface area contributed by atoms with Crippen molar-refractivity contribution in [2.24, 2.45) is 10.1 Å². The summed E-state index contributed by atoms with van der Waals surface area (Å²) in [5.74, 6) is 0.760. The molecule has 4 unspecified atom stereocenters. The van der Waals surface area contributed by atoms with Gasteiger partial charge in [0.1, 0.15) is 0 Å². The van der Waals surface area contributed by atoms with E-state index in [4.69, 9.17) is 22.8 Å². The third-order valence-corrected chi connectivity index (χ3v) is 15.9. The minimum absolute atomic E-state index is 0.159. The van der Waals surface area contributed by atoms with E-state index in [0.717, 1.165) is 18.4 Å². The summed E-state index contributed by atoms with van der Waals surface area (Å²) in [7, 11) is 19.2. The van der Waals surface area contributed by atoms with Gasteiger partial charge in [0.05, 0.1) is 0 Å². The van der Waals surface area contributed by atoms with E-state index in [-0.39, 0.29) is 4.22 Å². The van der Waals surface area contributed by atoms with Crippen molar-refractivity contribution in [1.29, 1.82) is 0 Å². The SMILES string of the molecule is CC1=Cc2ccccc2C1C1CCC(N(C)C)C[CH]1[Ti]([NH2])([Cl])([Cl])[CH2]c1ccccc1. The van der Waals surface area contributed by atoms with Crippen molar-refractivity contribution in [3.05, 3.63) is 76.9 Å². The van der Waals surface area contributed by atoms with Gasteiger partial charge in [0, 0.05) is 0 Å². The zero-order valence-electron chi connectivity index (χ0n) is 18.2. The number of fused-ring (bicyclic) bond motifs is 1. The van der Waals surface area contributed by atoms with Gasteiger partial charge in [-0.2, -0.15) is 0 Å². The molecule has 0 heterocycles. The molecular formula is C25H33Cl2N2Ti. The standard InChI is InChI=1S/C18H24N.C7H7.2ClH.H2N.Ti/c1-13-12-15-6-4-5-7-17(15)18(13)14-8-10-16(11-9-14)19(2)3;1-7-5-3-2-4-6-7;;;;/h4-8,12,14,16,18H,9-11H2,1-3H3;2-6H,1H2;2*1H;1H2;/q;;;;-1;+3/p-2. The average molecular weight is 480 g/mol. The van der Waals surface area contributed by atoms with Gasteiger partial charge in [-0.05, 0) is 0 Å². The molecule has 0 aromatic heterocycles. The van der Waals surface area contributed by atoms with Crippen LogP contribution in [0.25, 0.3) is 6.08 Å². The van der Waals surface area contributed by atoms with Crippen LogP contribution in [0.4, 0.5) is 0 Å². The van der Waals surface area contributed by atoms with Gasteiger partial charge in [0.2, 0.25) is 0 Å². The molecule has 2 aliphatic rings. The van der Waals surface area contributed by atoms with Crippen molar-refractivity contribution < 1.29 is 13.4 Å². The Morgan fingerprint density at radius 3 is 2.37 bits per heavy atom. The second-order valence-corrected chi connectivity index (χ2v) is 23.8. The van der Waals surface area contributed by atoms with Crippen LogP contribution in [-0.2, 0) is 18.2 Å². The van der Waals surface area contributed by atoms with E-state index >= 15 is 0 Å². The van der Waals surface area contributed by atoms with Crippen molar-refractivity contribution in [2.45, 2.75) is 47.1 Å². The van der Waals surface area contributed by atoms with Crippen LogP contribution in [0.1, 0.15) is 48.8 Å². The fourth-order valence-electron chi connectivity index (χ4n) is 5.91. The number of hydrogen-bond acceptors (Lipinski definition) is 2. The first-order chi connectivity index (χ1) is 14.1. The van der Waals surface area contributed by atoms with Gasteiger partial charge in [0.15, 0.2) is 0 Å². The summed E-state index contributed by atoms with van der Waals surface area (Å²) < 4.78 is 7.92. The molecule has 4 rings (SSSR count). The number of rotatable bonds is 5. The van der Waals surface area contributed by atoms with E-state index in [1.165, 1.54) is 23.1 Å². The summed E-state index contributed by atoms with van der Waals surface area (Å²) >= 11 is -4.35. The van der Waals surface area contributed by atoms with Crippen LogP contribution >= 0.6 is 18.6 Å². The summed E-state index contributed by atoms with van der Waals surface area (Å²) in [6.07, 6.45) is 5.61. The Morgan fingerprint density at radius 1 is 1.00 bits per heavy atom. The zero-order chi connectivity index (χ0) is 21.5. The Hall–Kier alpha value is -0.606. The number of nitrogens with two attached hydrogens (primary N) is 1. The second kappa shape index (κ2) is 8.39. The maximum absolute atomic E-state index is 7.42. The van der Waals surface area contributed by atoms with Crippen molar-refractivity contribution in [3.8, 4) is 0 Å². The van der Waals surface area contributed by atoms with Crippen molar-refractivity contribution in [3.63, 3.8) is 0 Å². The van der Waals surface area contributed by atoms with Crippen LogP contribution in [0.3, 0.4) is 0 Å². The second-order valence-electron chi connectivity index (χ2n) is 9.71. The van der Waals surface area contributed by atoms with Gasteiger partial charge in [-0.15, -0.1) is 0 Å². The molecule has 1 fully saturated rings. The molecule has 5 heteroatoms. The molecule has 2 N–H and O–H groups in total. The van der Waals surface area contributed by atoms with Gasteiger partial charge in [-0.1, -0.05) is 0 Å². The topological polar surface area (TPSA) is 29.3 Å². The molecule has 0 spiro atoms. The van der Waals surface area contributed by atoms with E-state index in [1.54, 1.807) is 0 Å². The predicted octanol–water partition coefficient (Wildman–Crippen LogP) is 6.78. The molecule has 0 saturated heterocycles. The number of hydrogen-bond donors (Lipinski definition) is 1. The molecule has 2 aliphatic carbocycles. The van der Waals surface area contributed by atoms with Crippen LogP contribution in [0.2, 0.25) is 4.22 Å². The Kier molecular flexibility index (Phi) is 6.32. The van der Waals surface area contributed by atoms with Crippen LogP contribution in [0.15, 0.2) is 60.2 Å². The molecule has 2 aromatic rings. The summed E-state index contributed by atoms with van der Waals surface area (Å²) in [4.78, 5) is 2.33. The fraction of sp³-hybridized carbons (Fsp3) is 0.440. The van der Waals surface area contributed by atoms with Crippen molar-refractivity contribution >= 4 is 24.7 Å². The first kappa shape index (κ1) is 22.6. The molecule has 0 aliphatic heterocycles. The Labute approximate surface area is 190 Å². The molecule has 0 radical (unpaired) electrons. The first-order valence-electron chi connectivity index (χ1n) is 11.0. The third kappa shape index (κ3) is 4.46. The molecule has 0 amide bonds. The number of halogens is 2. The first-order valence-corrected chi connectivity index (χ1v) is 18.2. The van der Waals surface area contributed by atoms with E-state index < -0.39 is 13.4 Å². The summed E-state index contributed by atoms with van der Waals surface area (Å²) in [6.45, 7) is 2.26. The van der Waals surface area contributed by atoms with Gasteiger partial charge in [-0.25, -0.2) is 0 Å². The molecule has 30 heavy (non-hydrogen) atoms. The Morgan fingerprint density at radius 2 is 1.67 bits per heavy atom. The zero-order valence-corrected chi connectivity index (χ0v) is 21.3. The Balaban J connectivity index is 1.73. The summed E-state index contributed by atoms with van der Waals surface area (Å²) in [5.41, 5.74) is 5.34. The predicted molar refractivity (Wildman–Crippen MR) is 127 cm³/mol. The van der Waals surface area contributed by atoms with Crippen LogP contribution in [0, 0.1) is 5.92 Å². The fourth-order valence-corrected chi connectivity index (χ4v) is 14.3. The van der Waals surface area contributed by atoms with Crippen LogP contribution in [0.5, 0.6) is 0 Å². The summed E-state index contributed by atoms with van der Waals surface area (Å²) in [6, 6.07) is 19.6. The van der Waals surface area contributed by atoms with E-state index in [1.807, 2.05) is 18.2 Å². The summed E-state index contributed by atoms with van der Waals surface area (Å²) in [5, 5.41) is 0. The van der Waals surface area contributed by atoms with E-state index in [0.29, 0.717) is 22.6 Å². The van der Waals surface area contributed by atoms with Gasteiger partial charge < -0.3 is 0 Å². The van der Waals surface area contributed by atoms with Crippen molar-refractivity contribution in [1.82, 2.24) is 4.90 Å². The molecule has 1 saturated carbocycles. The number of benzene rings is 2. The molecule has 4 atom stereocenters. The van der Waals surface area contributed by atoms with E-state index in [9.17, 15) is 0 Å². The normalized spacial score (nSPS) is 28.0.